The van der Waals surface area contributed by atoms with Crippen molar-refractivity contribution in [3.63, 3.8) is 0 Å². The predicted octanol–water partition coefficient (Wildman–Crippen LogP) is 9.40. The van der Waals surface area contributed by atoms with E-state index < -0.39 is 0 Å². The summed E-state index contributed by atoms with van der Waals surface area (Å²) in [4.78, 5) is 60.1. The molecule has 4 aromatic carbocycles. The zero-order valence-corrected chi connectivity index (χ0v) is 35.0. The molecule has 0 radical (unpaired) electrons. The molecule has 0 saturated carbocycles. The van der Waals surface area contributed by atoms with Gasteiger partial charge in [-0.15, -0.1) is 22.7 Å². The number of nitrogens with zero attached hydrogens (tertiary/aromatic N) is 8. The maximum Gasteiger partial charge on any atom is 0.260 e. The Hall–Kier alpha value is -7.46. The van der Waals surface area contributed by atoms with Crippen molar-refractivity contribution in [2.45, 2.75) is 0 Å². The fraction of sp³-hybridized carbons (Fsp3) is 0.106. The van der Waals surface area contributed by atoms with Gasteiger partial charge in [0.25, 0.3) is 11.8 Å². The Morgan fingerprint density at radius 1 is 0.565 bits per heavy atom. The van der Waals surface area contributed by atoms with Crippen LogP contribution in [-0.2, 0) is 0 Å². The number of carbonyl (C=O) groups excluding carboxylic acids is 2. The van der Waals surface area contributed by atoms with Gasteiger partial charge in [0, 0.05) is 106 Å². The summed E-state index contributed by atoms with van der Waals surface area (Å²) in [6, 6.07) is 27.9. The van der Waals surface area contributed by atoms with Crippen LogP contribution >= 0.6 is 22.7 Å². The molecule has 0 unspecified atom stereocenters. The highest BCUT2D eigenvalue weighted by molar-refractivity contribution is 7.18. The van der Waals surface area contributed by atoms with Crippen LogP contribution < -0.4 is 15.5 Å². The van der Waals surface area contributed by atoms with E-state index in [4.69, 9.17) is 0 Å². The van der Waals surface area contributed by atoms with Crippen LogP contribution in [0, 0.1) is 0 Å². The van der Waals surface area contributed by atoms with Crippen LogP contribution in [0.5, 0.6) is 0 Å². The number of anilines is 3. The van der Waals surface area contributed by atoms with Gasteiger partial charge in [0.2, 0.25) is 5.95 Å². The summed E-state index contributed by atoms with van der Waals surface area (Å²) in [6.45, 7) is 3.94. The van der Waals surface area contributed by atoms with Crippen LogP contribution in [-0.4, -0.2) is 84.8 Å². The fourth-order valence-electron chi connectivity index (χ4n) is 7.68. The number of likely N-dealkylation sites (N-methyl/N-ethyl adjacent to an activating group) is 1. The number of amides is 2. The van der Waals surface area contributed by atoms with Gasteiger partial charge < -0.3 is 20.1 Å². The fourth-order valence-corrected chi connectivity index (χ4v) is 9.60. The molecule has 1 fully saturated rings. The number of hydrogen-bond acceptors (Lipinski definition) is 12. The third-order valence-corrected chi connectivity index (χ3v) is 12.8. The number of piperazine rings is 1. The summed E-state index contributed by atoms with van der Waals surface area (Å²) >= 11 is 3.39. The minimum atomic E-state index is -0.280. The summed E-state index contributed by atoms with van der Waals surface area (Å²) < 4.78 is 2.43. The lowest BCUT2D eigenvalue weighted by atomic mass is 10.00. The molecule has 1 saturated heterocycles. The number of aromatic amines is 1. The molecule has 13 nitrogen and oxygen atoms in total. The SMILES string of the molecule is CN1CCN(c2ccc(NC(=O)c3ccc(-c4csc5ccccc45)c4nccnc34)cn2)CC1.O=C(Nc1ncc[nH]1)c1ccc(-c2csc3ccccc23)c2nccnc12. The zero-order valence-electron chi connectivity index (χ0n) is 33.3. The van der Waals surface area contributed by atoms with Crippen molar-refractivity contribution in [1.82, 2.24) is 39.8 Å². The maximum absolute atomic E-state index is 13.2. The van der Waals surface area contributed by atoms with Gasteiger partial charge in [-0.3, -0.25) is 34.8 Å². The lowest BCUT2D eigenvalue weighted by molar-refractivity contribution is 0.101. The van der Waals surface area contributed by atoms with Crippen LogP contribution in [0.15, 0.2) is 139 Å². The number of nitrogens with one attached hydrogen (secondary N) is 3. The molecule has 6 aromatic heterocycles. The van der Waals surface area contributed by atoms with E-state index in [2.05, 4.69) is 97.4 Å². The number of fused-ring (bicyclic) bond motifs is 4. The van der Waals surface area contributed by atoms with Crippen LogP contribution in [0.1, 0.15) is 20.7 Å². The number of imidazole rings is 1. The van der Waals surface area contributed by atoms with Gasteiger partial charge in [0.05, 0.1) is 34.0 Å². The molecule has 0 aliphatic carbocycles. The number of thiophene rings is 2. The van der Waals surface area contributed by atoms with Gasteiger partial charge in [0.15, 0.2) is 0 Å². The molecule has 2 amide bonds. The van der Waals surface area contributed by atoms with Gasteiger partial charge in [-0.25, -0.2) is 9.97 Å². The average molecular weight is 852 g/mol. The third-order valence-electron chi connectivity index (χ3n) is 10.8. The molecule has 3 N–H and O–H groups in total. The van der Waals surface area contributed by atoms with E-state index in [-0.39, 0.29) is 11.8 Å². The largest absolute Gasteiger partial charge is 0.354 e. The number of benzene rings is 4. The monoisotopic (exact) mass is 851 g/mol. The Bertz CT molecular complexity index is 3230. The summed E-state index contributed by atoms with van der Waals surface area (Å²) in [5.74, 6) is 0.813. The molecular weight excluding hydrogens is 815 g/mol. The average Bonchev–Trinajstić information content (AvgIpc) is 4.10. The van der Waals surface area contributed by atoms with E-state index in [1.165, 1.54) is 20.2 Å². The van der Waals surface area contributed by atoms with Gasteiger partial charge in [0.1, 0.15) is 16.9 Å². The van der Waals surface area contributed by atoms with Crippen LogP contribution in [0.3, 0.4) is 0 Å². The van der Waals surface area contributed by atoms with Crippen LogP contribution in [0.4, 0.5) is 17.5 Å². The smallest absolute Gasteiger partial charge is 0.260 e. The Morgan fingerprint density at radius 3 is 1.65 bits per heavy atom. The van der Waals surface area contributed by atoms with Crippen molar-refractivity contribution >= 4 is 94.2 Å². The summed E-state index contributed by atoms with van der Waals surface area (Å²) in [6.07, 6.45) is 11.5. The molecule has 1 aliphatic rings. The van der Waals surface area contributed by atoms with Crippen molar-refractivity contribution in [1.29, 1.82) is 0 Å². The highest BCUT2D eigenvalue weighted by atomic mass is 32.1. The molecule has 0 bridgehead atoms. The Balaban J connectivity index is 0.000000153. The highest BCUT2D eigenvalue weighted by Crippen LogP contribution is 2.39. The van der Waals surface area contributed by atoms with Gasteiger partial charge in [-0.05, 0) is 54.2 Å². The van der Waals surface area contributed by atoms with E-state index >= 15 is 0 Å². The minimum absolute atomic E-state index is 0.230. The van der Waals surface area contributed by atoms with Crippen molar-refractivity contribution in [2.75, 3.05) is 48.8 Å². The zero-order chi connectivity index (χ0) is 42.0. The molecule has 10 aromatic rings. The first-order chi connectivity index (χ1) is 30.5. The lowest BCUT2D eigenvalue weighted by Crippen LogP contribution is -2.44. The van der Waals surface area contributed by atoms with E-state index in [9.17, 15) is 9.59 Å². The summed E-state index contributed by atoms with van der Waals surface area (Å²) in [5, 5.41) is 12.3. The van der Waals surface area contributed by atoms with Crippen LogP contribution in [0.2, 0.25) is 0 Å². The van der Waals surface area contributed by atoms with Crippen molar-refractivity contribution in [3.05, 3.63) is 150 Å². The van der Waals surface area contributed by atoms with E-state index in [1.807, 2.05) is 54.6 Å². The first-order valence-electron chi connectivity index (χ1n) is 19.9. The second kappa shape index (κ2) is 16.9. The summed E-state index contributed by atoms with van der Waals surface area (Å²) in [5.41, 5.74) is 8.29. The van der Waals surface area contributed by atoms with Gasteiger partial charge in [-0.2, -0.15) is 0 Å². The third kappa shape index (κ3) is 7.60. The number of pyridine rings is 1. The van der Waals surface area contributed by atoms with Crippen LogP contribution in [0.25, 0.3) is 64.5 Å². The molecule has 0 spiro atoms. The number of hydrogen-bond donors (Lipinski definition) is 3. The Morgan fingerprint density at radius 2 is 1.11 bits per heavy atom. The first kappa shape index (κ1) is 38.7. The van der Waals surface area contributed by atoms with Crippen molar-refractivity contribution in [2.24, 2.45) is 0 Å². The quantitative estimate of drug-likeness (QED) is 0.141. The molecule has 15 heteroatoms. The molecule has 304 valence electrons. The molecule has 1 aliphatic heterocycles. The number of carbonyl (C=O) groups is 2. The Labute approximate surface area is 363 Å². The standard InChI is InChI=1S/C27H24N6OS.C20H13N5OS/c1-32-12-14-33(15-13-32)24-9-6-18(16-30-24)31-27(34)21-8-7-20(25-26(21)29-11-10-28-25)22-17-35-23-5-3-2-4-19(22)23;26-19(25-20-23-9-10-24-20)14-6-5-13(17-18(14)22-8-7-21-17)15-11-27-16-4-2-1-3-12(15)16/h2-11,16-17H,12-15H2,1H3,(H,31,34);1-11H,(H2,23,24,25,26). The molecule has 7 heterocycles. The molecule has 62 heavy (non-hydrogen) atoms. The van der Waals surface area contributed by atoms with Crippen molar-refractivity contribution < 1.29 is 9.59 Å². The molecular formula is C47H37N11O2S2. The number of aromatic nitrogens is 7. The van der Waals surface area contributed by atoms with E-state index in [0.717, 1.165) is 54.3 Å². The minimum Gasteiger partial charge on any atom is -0.354 e. The number of H-pyrrole nitrogens is 1. The highest BCUT2D eigenvalue weighted by Gasteiger charge is 2.20. The lowest BCUT2D eigenvalue weighted by Gasteiger charge is -2.33. The van der Waals surface area contributed by atoms with Crippen molar-refractivity contribution in [3.8, 4) is 22.3 Å². The maximum atomic E-state index is 13.2. The van der Waals surface area contributed by atoms with Gasteiger partial charge in [-0.1, -0.05) is 48.5 Å². The van der Waals surface area contributed by atoms with E-state index in [1.54, 1.807) is 72.1 Å². The molecule has 0 atom stereocenters. The predicted molar refractivity (Wildman–Crippen MR) is 249 cm³/mol. The van der Waals surface area contributed by atoms with Gasteiger partial charge >= 0.3 is 0 Å². The second-order valence-electron chi connectivity index (χ2n) is 14.7. The normalized spacial score (nSPS) is 13.0. The second-order valence-corrected chi connectivity index (χ2v) is 16.5. The summed E-state index contributed by atoms with van der Waals surface area (Å²) in [7, 11) is 2.13. The van der Waals surface area contributed by atoms with E-state index in [0.29, 0.717) is 44.8 Å². The topological polar surface area (TPSA) is 158 Å². The first-order valence-corrected chi connectivity index (χ1v) is 21.7. The molecule has 11 rings (SSSR count). The number of rotatable bonds is 7. The Kier molecular flexibility index (Phi) is 10.5.